The SMILES string of the molecule is c1ccc(-c2c3ccccc3c(-c3ccc4c(c3)c3cccnc3n4-c3ccccn3)c3ccccc23)cc1.c1ccc(-c2ccc(-c3c4ccccc4c(-c4ccc5c(c4)c4cccnc4n5-c4ccccn4)c4ccccc34)cc2)cc1.c1ccc(-n2c3ccc(-c4c5ccccc5c(-c5ccc6ccccc6c5)c5ccccc45)cc3c3cccnc32)nc1. The number of rotatable bonds is 10. The summed E-state index contributed by atoms with van der Waals surface area (Å²) in [5.41, 5.74) is 23.3. The number of pyridine rings is 6. The topological polar surface area (TPSA) is 92.1 Å². The van der Waals surface area contributed by atoms with Crippen LogP contribution in [0.2, 0.25) is 0 Å². The molecular formula is C118H75N9. The number of benzene rings is 17. The Hall–Kier alpha value is -17.1. The summed E-state index contributed by atoms with van der Waals surface area (Å²) in [7, 11) is 0. The van der Waals surface area contributed by atoms with Crippen molar-refractivity contribution in [2.24, 2.45) is 0 Å². The van der Waals surface area contributed by atoms with E-state index in [-0.39, 0.29) is 0 Å². The number of hydrogen-bond acceptors (Lipinski definition) is 6. The van der Waals surface area contributed by atoms with Gasteiger partial charge in [0, 0.05) is 69.5 Å². The summed E-state index contributed by atoms with van der Waals surface area (Å²) in [6.45, 7) is 0. The lowest BCUT2D eigenvalue weighted by Gasteiger charge is -2.18. The van der Waals surface area contributed by atoms with Gasteiger partial charge in [0.25, 0.3) is 0 Å². The third kappa shape index (κ3) is 12.5. The van der Waals surface area contributed by atoms with Crippen LogP contribution in [0.1, 0.15) is 0 Å². The zero-order chi connectivity index (χ0) is 83.8. The second kappa shape index (κ2) is 31.1. The molecule has 0 saturated carbocycles. The van der Waals surface area contributed by atoms with Gasteiger partial charge in [-0.1, -0.05) is 303 Å². The van der Waals surface area contributed by atoms with Crippen molar-refractivity contribution in [2.45, 2.75) is 0 Å². The molecule has 0 aliphatic rings. The second-order valence-electron chi connectivity index (χ2n) is 32.3. The third-order valence-corrected chi connectivity index (χ3v) is 25.3. The summed E-state index contributed by atoms with van der Waals surface area (Å²) < 4.78 is 6.48. The molecule has 0 amide bonds. The van der Waals surface area contributed by atoms with Gasteiger partial charge in [-0.3, -0.25) is 13.7 Å². The van der Waals surface area contributed by atoms with Gasteiger partial charge < -0.3 is 0 Å². The standard InChI is InChI=1S/C42H27N3.C40H25N3.C36H23N3/c1-2-11-28(12-3-1)29-19-21-30(22-20-29)40-32-13-4-6-15-34(32)41(35-16-7-5-14-33(35)40)31-23-24-38-37(27-31)36-17-10-26-44-42(36)45(38)39-18-8-9-25-43-39;1-2-11-27-24-28(19-18-26(27)10-1)38-30-12-3-5-14-32(30)39(33-15-6-4-13-31(33)38)29-20-21-36-35(25-29)34-16-9-23-42-40(34)43(36)37-17-7-8-22-41-37;1-2-11-24(12-3-1)34-26-13-4-6-15-28(26)35(29-16-7-5-14-27(29)34)25-19-20-32-31(23-25)30-17-10-22-38-36(30)39(32)33-18-8-9-21-37-33/h1-27H;1-25H;1-23H. The van der Waals surface area contributed by atoms with Crippen LogP contribution in [0, 0.1) is 0 Å². The van der Waals surface area contributed by atoms with Crippen LogP contribution in [-0.2, 0) is 0 Å². The summed E-state index contributed by atoms with van der Waals surface area (Å²) in [4.78, 5) is 28.3. The monoisotopic (exact) mass is 1620 g/mol. The van der Waals surface area contributed by atoms with Gasteiger partial charge >= 0.3 is 0 Å². The molecule has 0 N–H and O–H groups in total. The van der Waals surface area contributed by atoms with Crippen LogP contribution < -0.4 is 0 Å². The maximum absolute atomic E-state index is 4.79. The summed E-state index contributed by atoms with van der Waals surface area (Å²) in [5.74, 6) is 2.60. The molecule has 9 heteroatoms. The van der Waals surface area contributed by atoms with Gasteiger partial charge in [-0.15, -0.1) is 0 Å². The van der Waals surface area contributed by atoms with Crippen molar-refractivity contribution in [1.82, 2.24) is 43.6 Å². The van der Waals surface area contributed by atoms with E-state index < -0.39 is 0 Å². The molecule has 592 valence electrons. The predicted octanol–water partition coefficient (Wildman–Crippen LogP) is 30.5. The summed E-state index contributed by atoms with van der Waals surface area (Å²) in [5, 5.41) is 24.3. The molecule has 0 aliphatic carbocycles. The smallest absolute Gasteiger partial charge is 0.146 e. The van der Waals surface area contributed by atoms with Crippen molar-refractivity contribution in [3.63, 3.8) is 0 Å². The minimum atomic E-state index is 0.863. The fraction of sp³-hybridized carbons (Fsp3) is 0. The van der Waals surface area contributed by atoms with Gasteiger partial charge in [-0.25, -0.2) is 29.9 Å². The molecule has 0 aliphatic heterocycles. The molecular weight excluding hydrogens is 1540 g/mol. The highest BCUT2D eigenvalue weighted by Crippen LogP contribution is 2.50. The molecule has 26 rings (SSSR count). The van der Waals surface area contributed by atoms with Crippen molar-refractivity contribution >= 4 is 141 Å². The van der Waals surface area contributed by atoms with Crippen LogP contribution >= 0.6 is 0 Å². The van der Waals surface area contributed by atoms with Crippen LogP contribution in [0.15, 0.2) is 456 Å². The quantitative estimate of drug-likeness (QED) is 0.127. The number of aromatic nitrogens is 9. The second-order valence-corrected chi connectivity index (χ2v) is 32.3. The van der Waals surface area contributed by atoms with Crippen molar-refractivity contribution < 1.29 is 0 Å². The average Bonchev–Trinajstić information content (AvgIpc) is 1.71. The zero-order valence-corrected chi connectivity index (χ0v) is 68.8. The highest BCUT2D eigenvalue weighted by Gasteiger charge is 2.25. The van der Waals surface area contributed by atoms with Crippen molar-refractivity contribution in [3.05, 3.63) is 456 Å². The lowest BCUT2D eigenvalue weighted by molar-refractivity contribution is 1.06. The van der Waals surface area contributed by atoms with Crippen LogP contribution in [0.3, 0.4) is 0 Å². The predicted molar refractivity (Wildman–Crippen MR) is 530 cm³/mol. The van der Waals surface area contributed by atoms with Gasteiger partial charge in [0.1, 0.15) is 34.4 Å². The maximum Gasteiger partial charge on any atom is 0.146 e. The van der Waals surface area contributed by atoms with E-state index >= 15 is 0 Å². The van der Waals surface area contributed by atoms with Crippen LogP contribution in [0.25, 0.3) is 237 Å². The molecule has 0 spiro atoms. The summed E-state index contributed by atoms with van der Waals surface area (Å²) in [6.07, 6.45) is 11.1. The summed E-state index contributed by atoms with van der Waals surface area (Å²) >= 11 is 0. The van der Waals surface area contributed by atoms with Crippen LogP contribution in [0.5, 0.6) is 0 Å². The molecule has 26 aromatic rings. The number of fused-ring (bicyclic) bond motifs is 16. The Morgan fingerprint density at radius 3 is 0.685 bits per heavy atom. The summed E-state index contributed by atoms with van der Waals surface area (Å²) in [6, 6.07) is 150. The Labute approximate surface area is 731 Å². The first kappa shape index (κ1) is 73.8. The van der Waals surface area contributed by atoms with E-state index in [4.69, 9.17) is 15.0 Å². The van der Waals surface area contributed by atoms with Gasteiger partial charge in [-0.05, 0) is 269 Å². The lowest BCUT2D eigenvalue weighted by Crippen LogP contribution is -1.97. The minimum Gasteiger partial charge on any atom is -0.278 e. The molecule has 9 aromatic heterocycles. The molecule has 0 saturated heterocycles. The van der Waals surface area contributed by atoms with E-state index in [1.807, 2.05) is 110 Å². The molecule has 9 nitrogen and oxygen atoms in total. The van der Waals surface area contributed by atoms with Crippen LogP contribution in [-0.4, -0.2) is 43.6 Å². The molecule has 17 aromatic carbocycles. The van der Waals surface area contributed by atoms with Crippen molar-refractivity contribution in [2.75, 3.05) is 0 Å². The molecule has 0 bridgehead atoms. The van der Waals surface area contributed by atoms with Crippen molar-refractivity contribution in [3.8, 4) is 95.3 Å². The Balaban J connectivity index is 0.000000107. The molecule has 0 fully saturated rings. The zero-order valence-electron chi connectivity index (χ0n) is 68.8. The van der Waals surface area contributed by atoms with E-state index in [1.165, 1.54) is 159 Å². The first-order valence-corrected chi connectivity index (χ1v) is 43.0. The van der Waals surface area contributed by atoms with Crippen LogP contribution in [0.4, 0.5) is 0 Å². The molecule has 9 heterocycles. The Morgan fingerprint density at radius 2 is 0.362 bits per heavy atom. The number of nitrogens with zero attached hydrogens (tertiary/aromatic N) is 9. The first-order valence-electron chi connectivity index (χ1n) is 43.0. The van der Waals surface area contributed by atoms with E-state index in [2.05, 4.69) is 374 Å². The van der Waals surface area contributed by atoms with Crippen molar-refractivity contribution in [1.29, 1.82) is 0 Å². The maximum atomic E-state index is 4.79. The molecule has 0 unspecified atom stereocenters. The Kier molecular flexibility index (Phi) is 18.0. The van der Waals surface area contributed by atoms with Gasteiger partial charge in [0.05, 0.1) is 16.6 Å². The van der Waals surface area contributed by atoms with Gasteiger partial charge in [0.2, 0.25) is 0 Å². The van der Waals surface area contributed by atoms with Gasteiger partial charge in [0.15, 0.2) is 0 Å². The largest absolute Gasteiger partial charge is 0.278 e. The van der Waals surface area contributed by atoms with Gasteiger partial charge in [-0.2, -0.15) is 0 Å². The highest BCUT2D eigenvalue weighted by atomic mass is 15.1. The molecule has 0 atom stereocenters. The van der Waals surface area contributed by atoms with E-state index in [9.17, 15) is 0 Å². The lowest BCUT2D eigenvalue weighted by atomic mass is 9.85. The third-order valence-electron chi connectivity index (χ3n) is 25.3. The Bertz CT molecular complexity index is 8640. The fourth-order valence-electron chi connectivity index (χ4n) is 19.8. The molecule has 0 radical (unpaired) electrons. The average molecular weight is 1620 g/mol. The normalized spacial score (nSPS) is 11.6. The minimum absolute atomic E-state index is 0.863. The molecule has 127 heavy (non-hydrogen) atoms. The van der Waals surface area contributed by atoms with E-state index in [1.54, 1.807) is 0 Å². The first-order chi connectivity index (χ1) is 63.1. The van der Waals surface area contributed by atoms with E-state index in [0.717, 1.165) is 77.9 Å². The van der Waals surface area contributed by atoms with E-state index in [0.29, 0.717) is 0 Å². The fourth-order valence-corrected chi connectivity index (χ4v) is 19.8. The Morgan fingerprint density at radius 1 is 0.134 bits per heavy atom. The highest BCUT2D eigenvalue weighted by molar-refractivity contribution is 6.26. The number of hydrogen-bond donors (Lipinski definition) is 0.